The van der Waals surface area contributed by atoms with E-state index < -0.39 is 11.4 Å². The molecular weight excluding hydrogens is 180 g/mol. The Morgan fingerprint density at radius 1 is 1.33 bits per heavy atom. The maximum absolute atomic E-state index is 9.81. The molecule has 0 aliphatic carbocycles. The lowest BCUT2D eigenvalue weighted by Crippen LogP contribution is -1.85. The van der Waals surface area contributed by atoms with Gasteiger partial charge in [0.15, 0.2) is 11.4 Å². The molecule has 0 spiro atoms. The number of nitrogens with zero attached hydrogens (tertiary/aromatic N) is 2. The third-order valence-corrected chi connectivity index (χ3v) is 1.20. The first kappa shape index (κ1) is 8.82. The van der Waals surface area contributed by atoms with Crippen molar-refractivity contribution in [3.8, 4) is 0 Å². The Balaban J connectivity index is 2.52. The molecule has 0 aliphatic rings. The topological polar surface area (TPSA) is 74.1 Å². The second-order valence-electron chi connectivity index (χ2n) is 1.80. The van der Waals surface area contributed by atoms with Crippen molar-refractivity contribution in [3.05, 3.63) is 30.3 Å². The van der Waals surface area contributed by atoms with Crippen LogP contribution in [0.3, 0.4) is 0 Å². The van der Waals surface area contributed by atoms with Crippen molar-refractivity contribution in [3.63, 3.8) is 0 Å². The van der Waals surface area contributed by atoms with Crippen LogP contribution >= 0.6 is 0 Å². The predicted molar refractivity (Wildman–Crippen MR) is 41.0 cm³/mol. The number of hydrogen-bond acceptors (Lipinski definition) is 5. The second kappa shape index (κ2) is 4.58. The molecule has 1 atom stereocenters. The highest BCUT2D eigenvalue weighted by molar-refractivity contribution is 7.74. The Bertz CT molecular complexity index is 288. The van der Waals surface area contributed by atoms with Gasteiger partial charge in [0.05, 0.1) is 5.69 Å². The summed E-state index contributed by atoms with van der Waals surface area (Å²) >= 11 is -2.65. The van der Waals surface area contributed by atoms with E-state index in [1.807, 2.05) is 6.07 Å². The van der Waals surface area contributed by atoms with Gasteiger partial charge in [-0.1, -0.05) is 18.2 Å². The van der Waals surface area contributed by atoms with Crippen LogP contribution < -0.4 is 0 Å². The van der Waals surface area contributed by atoms with Gasteiger partial charge >= 0.3 is 0 Å². The third-order valence-electron chi connectivity index (χ3n) is 1.01. The quantitative estimate of drug-likeness (QED) is 0.406. The molecule has 64 valence electrons. The summed E-state index contributed by atoms with van der Waals surface area (Å²) in [6.07, 6.45) is 0. The maximum atomic E-state index is 9.81. The van der Waals surface area contributed by atoms with E-state index in [1.54, 1.807) is 24.3 Å². The molecule has 0 aliphatic heterocycles. The summed E-state index contributed by atoms with van der Waals surface area (Å²) in [5.74, 6) is 0. The van der Waals surface area contributed by atoms with Crippen LogP contribution in [-0.4, -0.2) is 8.76 Å². The Kier molecular flexibility index (Phi) is 3.36. The van der Waals surface area contributed by atoms with Crippen molar-refractivity contribution in [2.45, 2.75) is 0 Å². The molecule has 12 heavy (non-hydrogen) atoms. The van der Waals surface area contributed by atoms with Crippen LogP contribution in [0.2, 0.25) is 0 Å². The van der Waals surface area contributed by atoms with Gasteiger partial charge in [-0.3, -0.25) is 4.28 Å². The standard InChI is InChI=1S/C6H6N2O3S/c9-12(10)11-8-7-6-4-2-1-3-5-6/h1-5H,(H,9,10)/p-1. The van der Waals surface area contributed by atoms with Crippen LogP contribution in [0.4, 0.5) is 5.69 Å². The zero-order valence-corrected chi connectivity index (χ0v) is 6.73. The minimum atomic E-state index is -2.65. The minimum Gasteiger partial charge on any atom is -0.738 e. The van der Waals surface area contributed by atoms with Gasteiger partial charge in [-0.15, -0.1) is 5.11 Å². The van der Waals surface area contributed by atoms with Gasteiger partial charge in [0, 0.05) is 5.28 Å². The Labute approximate surface area is 71.5 Å². The normalized spacial score (nSPS) is 13.1. The molecule has 0 bridgehead atoms. The molecule has 0 saturated heterocycles. The van der Waals surface area contributed by atoms with Gasteiger partial charge in [-0.05, 0) is 12.1 Å². The fourth-order valence-electron chi connectivity index (χ4n) is 0.586. The van der Waals surface area contributed by atoms with Gasteiger partial charge < -0.3 is 4.55 Å². The zero-order chi connectivity index (χ0) is 8.81. The van der Waals surface area contributed by atoms with E-state index in [2.05, 4.69) is 14.7 Å². The maximum Gasteiger partial charge on any atom is 0.171 e. The van der Waals surface area contributed by atoms with Crippen LogP contribution in [-0.2, 0) is 15.6 Å². The van der Waals surface area contributed by atoms with E-state index in [-0.39, 0.29) is 0 Å². The monoisotopic (exact) mass is 185 g/mol. The van der Waals surface area contributed by atoms with Gasteiger partial charge in [-0.2, -0.15) is 0 Å². The molecule has 1 rings (SSSR count). The molecule has 1 aromatic rings. The lowest BCUT2D eigenvalue weighted by molar-refractivity contribution is 0.296. The highest BCUT2D eigenvalue weighted by Gasteiger charge is 1.84. The molecule has 0 fully saturated rings. The van der Waals surface area contributed by atoms with E-state index in [4.69, 9.17) is 0 Å². The molecule has 6 heteroatoms. The largest absolute Gasteiger partial charge is 0.738 e. The van der Waals surface area contributed by atoms with E-state index in [0.717, 1.165) is 0 Å². The highest BCUT2D eigenvalue weighted by atomic mass is 32.2. The van der Waals surface area contributed by atoms with Crippen molar-refractivity contribution in [2.75, 3.05) is 0 Å². The fourth-order valence-corrected chi connectivity index (χ4v) is 0.673. The third kappa shape index (κ3) is 3.22. The first-order chi connectivity index (χ1) is 5.79. The van der Waals surface area contributed by atoms with Crippen LogP contribution in [0.15, 0.2) is 40.7 Å². The van der Waals surface area contributed by atoms with Gasteiger partial charge in [0.25, 0.3) is 0 Å². The summed E-state index contributed by atoms with van der Waals surface area (Å²) in [5, 5.41) is 6.41. The Hall–Kier alpha value is -1.27. The van der Waals surface area contributed by atoms with Crippen molar-refractivity contribution < 1.29 is 13.0 Å². The number of benzene rings is 1. The first-order valence-corrected chi connectivity index (χ1v) is 4.02. The predicted octanol–water partition coefficient (Wildman–Crippen LogP) is 1.50. The lowest BCUT2D eigenvalue weighted by Gasteiger charge is -1.96. The number of hydrogen-bond donors (Lipinski definition) is 0. The molecule has 5 nitrogen and oxygen atoms in total. The highest BCUT2D eigenvalue weighted by Crippen LogP contribution is 2.09. The molecule has 0 saturated carbocycles. The van der Waals surface area contributed by atoms with Crippen LogP contribution in [0.5, 0.6) is 0 Å². The summed E-state index contributed by atoms with van der Waals surface area (Å²) in [6.45, 7) is 0. The Morgan fingerprint density at radius 3 is 2.58 bits per heavy atom. The molecule has 0 aromatic heterocycles. The van der Waals surface area contributed by atoms with Crippen molar-refractivity contribution in [1.82, 2.24) is 0 Å². The minimum absolute atomic E-state index is 0.531. The smallest absolute Gasteiger partial charge is 0.171 e. The second-order valence-corrected chi connectivity index (χ2v) is 2.35. The summed E-state index contributed by atoms with van der Waals surface area (Å²) in [7, 11) is 0. The SMILES string of the molecule is O=S([O-])ON=Nc1ccccc1. The van der Waals surface area contributed by atoms with Gasteiger partial charge in [0.1, 0.15) is 0 Å². The molecule has 0 amide bonds. The van der Waals surface area contributed by atoms with Gasteiger partial charge in [-0.25, -0.2) is 4.21 Å². The molecule has 0 N–H and O–H groups in total. The van der Waals surface area contributed by atoms with Gasteiger partial charge in [0.2, 0.25) is 0 Å². The summed E-state index contributed by atoms with van der Waals surface area (Å²) in [5.41, 5.74) is 0.531. The van der Waals surface area contributed by atoms with Crippen molar-refractivity contribution in [2.24, 2.45) is 10.4 Å². The van der Waals surface area contributed by atoms with E-state index >= 15 is 0 Å². The average molecular weight is 185 g/mol. The zero-order valence-electron chi connectivity index (χ0n) is 5.91. The molecule has 1 unspecified atom stereocenters. The summed E-state index contributed by atoms with van der Waals surface area (Å²) in [6, 6.07) is 8.65. The van der Waals surface area contributed by atoms with E-state index in [9.17, 15) is 8.76 Å². The summed E-state index contributed by atoms with van der Waals surface area (Å²) < 4.78 is 23.4. The van der Waals surface area contributed by atoms with Crippen LogP contribution in [0.25, 0.3) is 0 Å². The van der Waals surface area contributed by atoms with Crippen LogP contribution in [0.1, 0.15) is 0 Å². The van der Waals surface area contributed by atoms with E-state index in [0.29, 0.717) is 5.69 Å². The summed E-state index contributed by atoms with van der Waals surface area (Å²) in [4.78, 5) is 0. The van der Waals surface area contributed by atoms with Crippen LogP contribution in [0, 0.1) is 0 Å². The number of rotatable bonds is 3. The Morgan fingerprint density at radius 2 is 2.00 bits per heavy atom. The first-order valence-electron chi connectivity index (χ1n) is 3.02. The lowest BCUT2D eigenvalue weighted by atomic mass is 10.3. The average Bonchev–Trinajstić information content (AvgIpc) is 2.05. The molecule has 1 aromatic carbocycles. The van der Waals surface area contributed by atoms with Crippen molar-refractivity contribution >= 4 is 17.0 Å². The molecular formula is C6H5N2O3S-. The fraction of sp³-hybridized carbons (Fsp3) is 0. The molecule has 0 heterocycles. The van der Waals surface area contributed by atoms with Crippen molar-refractivity contribution in [1.29, 1.82) is 0 Å². The molecule has 0 radical (unpaired) electrons. The van der Waals surface area contributed by atoms with E-state index in [1.165, 1.54) is 0 Å².